The van der Waals surface area contributed by atoms with Crippen LogP contribution in [-0.4, -0.2) is 189 Å². The van der Waals surface area contributed by atoms with Gasteiger partial charge in [0.05, 0.1) is 32.2 Å². The lowest BCUT2D eigenvalue weighted by atomic mass is 10.0. The van der Waals surface area contributed by atoms with E-state index in [-0.39, 0.29) is 90.7 Å². The van der Waals surface area contributed by atoms with E-state index in [2.05, 4.69) is 5.32 Å². The molecule has 2 saturated heterocycles. The molecule has 2 aliphatic rings. The lowest BCUT2D eigenvalue weighted by Gasteiger charge is -2.33. The van der Waals surface area contributed by atoms with Gasteiger partial charge in [-0.1, -0.05) is 6.92 Å². The zero-order valence-electron chi connectivity index (χ0n) is 26.0. The van der Waals surface area contributed by atoms with E-state index in [0.29, 0.717) is 19.4 Å². The molecule has 256 valence electrons. The van der Waals surface area contributed by atoms with E-state index >= 15 is 0 Å². The Balaban J connectivity index is 2.03. The second kappa shape index (κ2) is 18.7. The highest BCUT2D eigenvalue weighted by atomic mass is 16.5. The minimum Gasteiger partial charge on any atom is -0.480 e. The summed E-state index contributed by atoms with van der Waals surface area (Å²) in [4.78, 5) is 81.1. The van der Waals surface area contributed by atoms with Crippen LogP contribution < -0.4 is 5.32 Å². The molecule has 0 radical (unpaired) electrons. The summed E-state index contributed by atoms with van der Waals surface area (Å²) in [5.41, 5.74) is 0. The molecular formula is C28H48N6O11. The maximum atomic E-state index is 13.1. The first-order chi connectivity index (χ1) is 21.2. The molecule has 17 heteroatoms. The number of carbonyl (C=O) groups excluding carboxylic acids is 3. The van der Waals surface area contributed by atoms with Gasteiger partial charge in [-0.15, -0.1) is 0 Å². The van der Waals surface area contributed by atoms with E-state index < -0.39 is 54.0 Å². The van der Waals surface area contributed by atoms with Crippen molar-refractivity contribution < 1.29 is 54.3 Å². The van der Waals surface area contributed by atoms with Gasteiger partial charge in [0.15, 0.2) is 6.29 Å². The monoisotopic (exact) mass is 644 g/mol. The number of hydrogen-bond acceptors (Lipinski definition) is 12. The normalized spacial score (nSPS) is 21.4. The summed E-state index contributed by atoms with van der Waals surface area (Å²) in [5.74, 6) is -5.15. The summed E-state index contributed by atoms with van der Waals surface area (Å²) in [7, 11) is 0. The maximum Gasteiger partial charge on any atom is 0.317 e. The Hall–Kier alpha value is -3.22. The predicted octanol–water partition coefficient (Wildman–Crippen LogP) is -3.14. The minimum absolute atomic E-state index is 0.0666. The van der Waals surface area contributed by atoms with Gasteiger partial charge in [-0.2, -0.15) is 0 Å². The van der Waals surface area contributed by atoms with Crippen LogP contribution >= 0.6 is 0 Å². The molecule has 6 N–H and O–H groups in total. The minimum atomic E-state index is -1.68. The van der Waals surface area contributed by atoms with Crippen LogP contribution in [-0.2, 0) is 28.8 Å². The number of carboxylic acids is 3. The molecule has 2 rings (SSSR count). The van der Waals surface area contributed by atoms with E-state index in [1.807, 2.05) is 0 Å². The van der Waals surface area contributed by atoms with Crippen LogP contribution in [0.5, 0.6) is 0 Å². The molecule has 45 heavy (non-hydrogen) atoms. The highest BCUT2D eigenvalue weighted by Gasteiger charge is 2.36. The van der Waals surface area contributed by atoms with Crippen molar-refractivity contribution >= 4 is 35.5 Å². The number of hydrogen-bond donors (Lipinski definition) is 6. The fourth-order valence-corrected chi connectivity index (χ4v) is 5.58. The number of amides is 2. The van der Waals surface area contributed by atoms with Gasteiger partial charge < -0.3 is 35.7 Å². The van der Waals surface area contributed by atoms with Gasteiger partial charge in [0.25, 0.3) is 0 Å². The zero-order valence-corrected chi connectivity index (χ0v) is 26.0. The second-order valence-corrected chi connectivity index (χ2v) is 11.8. The number of nitrogens with zero attached hydrogens (tertiary/aromatic N) is 5. The second-order valence-electron chi connectivity index (χ2n) is 11.8. The van der Waals surface area contributed by atoms with Gasteiger partial charge in [0, 0.05) is 71.2 Å². The van der Waals surface area contributed by atoms with Crippen LogP contribution in [0.1, 0.15) is 33.1 Å². The fourth-order valence-electron chi connectivity index (χ4n) is 5.58. The van der Waals surface area contributed by atoms with Crippen molar-refractivity contribution in [1.29, 1.82) is 0 Å². The topological polar surface area (TPSA) is 232 Å². The number of aliphatic hydroxyl groups excluding tert-OH is 1. The van der Waals surface area contributed by atoms with Crippen molar-refractivity contribution in [3.8, 4) is 0 Å². The number of carboxylic acid groups (broad SMARTS) is 3. The van der Waals surface area contributed by atoms with Crippen LogP contribution in [0.2, 0.25) is 0 Å². The molecule has 17 nitrogen and oxygen atoms in total. The molecule has 2 fully saturated rings. The van der Waals surface area contributed by atoms with Crippen LogP contribution in [0.4, 0.5) is 0 Å². The van der Waals surface area contributed by atoms with Crippen LogP contribution in [0.25, 0.3) is 0 Å². The lowest BCUT2D eigenvalue weighted by Crippen LogP contribution is -2.52. The molecule has 0 aromatic heterocycles. The number of ketones is 1. The summed E-state index contributed by atoms with van der Waals surface area (Å²) in [6, 6.07) is -1.67. The summed E-state index contributed by atoms with van der Waals surface area (Å²) in [6.07, 6.45) is -0.758. The van der Waals surface area contributed by atoms with Crippen LogP contribution in [0.3, 0.4) is 0 Å². The molecule has 0 aromatic carbocycles. The fraction of sp³-hybridized carbons (Fsp3) is 0.786. The van der Waals surface area contributed by atoms with Gasteiger partial charge in [0.2, 0.25) is 11.8 Å². The Morgan fingerprint density at radius 3 is 1.44 bits per heavy atom. The van der Waals surface area contributed by atoms with E-state index in [9.17, 15) is 54.3 Å². The largest absolute Gasteiger partial charge is 0.480 e. The molecule has 2 heterocycles. The molecule has 2 amide bonds. The molecule has 0 unspecified atom stereocenters. The highest BCUT2D eigenvalue weighted by Crippen LogP contribution is 2.20. The van der Waals surface area contributed by atoms with Gasteiger partial charge in [-0.25, -0.2) is 0 Å². The molecule has 0 bridgehead atoms. The highest BCUT2D eigenvalue weighted by molar-refractivity contribution is 5.91. The number of nitrogens with one attached hydrogen (secondary N) is 1. The van der Waals surface area contributed by atoms with E-state index in [4.69, 9.17) is 0 Å². The first kappa shape index (κ1) is 38.0. The first-order valence-electron chi connectivity index (χ1n) is 15.2. The quantitative estimate of drug-likeness (QED) is 0.103. The zero-order chi connectivity index (χ0) is 33.7. The standard InChI is InChI=1S/C28H48N6O11/c1-19(26(42)29-20(2)27(43)34-5-3-4-22(34)28(44)45)14-21(35)15-30-6-8-31(16-23(36)37)10-12-33(18-25(40)41)13-11-32(9-7-30)17-24(38)39/h19-20,22,28,44-45H,3-18H2,1-2H3,(H,29,42)(H,36,37)(H,38,39)(H,40,41)/t19-,20-,22+/m1/s1. The van der Waals surface area contributed by atoms with Crippen molar-refractivity contribution in [3.63, 3.8) is 0 Å². The van der Waals surface area contributed by atoms with Gasteiger partial charge in [0.1, 0.15) is 11.8 Å². The summed E-state index contributed by atoms with van der Waals surface area (Å²) < 4.78 is 0. The average molecular weight is 645 g/mol. The number of rotatable bonds is 14. The number of Topliss-reactive ketones (excluding diaryl/α,β-unsaturated/α-hetero) is 1. The van der Waals surface area contributed by atoms with Crippen molar-refractivity contribution in [1.82, 2.24) is 29.8 Å². The van der Waals surface area contributed by atoms with Gasteiger partial charge in [-0.05, 0) is 19.8 Å². The summed E-state index contributed by atoms with van der Waals surface area (Å²) in [6.45, 7) is 4.59. The Kier molecular flexibility index (Phi) is 15.8. The number of aliphatic hydroxyl groups is 2. The van der Waals surface area contributed by atoms with Crippen LogP contribution in [0.15, 0.2) is 0 Å². The predicted molar refractivity (Wildman–Crippen MR) is 158 cm³/mol. The van der Waals surface area contributed by atoms with Crippen molar-refractivity contribution in [2.75, 3.05) is 85.1 Å². The van der Waals surface area contributed by atoms with Crippen molar-refractivity contribution in [3.05, 3.63) is 0 Å². The summed E-state index contributed by atoms with van der Waals surface area (Å²) >= 11 is 0. The summed E-state index contributed by atoms with van der Waals surface area (Å²) in [5, 5.41) is 49.7. The average Bonchev–Trinajstić information content (AvgIpc) is 3.43. The maximum absolute atomic E-state index is 13.1. The van der Waals surface area contributed by atoms with Gasteiger partial charge in [-0.3, -0.25) is 48.4 Å². The Bertz CT molecular complexity index is 1010. The number of carbonyl (C=O) groups is 6. The molecule has 0 aliphatic carbocycles. The number of likely N-dealkylation sites (tertiary alicyclic amines) is 1. The van der Waals surface area contributed by atoms with Crippen LogP contribution in [0, 0.1) is 5.92 Å². The SMILES string of the molecule is C[C@H](CC(=O)CN1CCN(CC(=O)O)CCN(CC(=O)O)CCN(CC(=O)O)CC1)C(=O)N[C@H](C)C(=O)N1CCC[C@H]1C(O)O. The Morgan fingerprint density at radius 1 is 0.667 bits per heavy atom. The molecule has 0 spiro atoms. The van der Waals surface area contributed by atoms with E-state index in [1.165, 1.54) is 11.8 Å². The van der Waals surface area contributed by atoms with Crippen molar-refractivity contribution in [2.45, 2.75) is 51.5 Å². The third-order valence-electron chi connectivity index (χ3n) is 8.04. The molecule has 0 saturated carbocycles. The first-order valence-corrected chi connectivity index (χ1v) is 15.2. The Morgan fingerprint density at radius 2 is 1.07 bits per heavy atom. The molecule has 3 atom stereocenters. The molecule has 2 aliphatic heterocycles. The smallest absolute Gasteiger partial charge is 0.317 e. The van der Waals surface area contributed by atoms with E-state index in [0.717, 1.165) is 0 Å². The number of aliphatic carboxylic acids is 3. The van der Waals surface area contributed by atoms with E-state index in [1.54, 1.807) is 26.5 Å². The van der Waals surface area contributed by atoms with Gasteiger partial charge >= 0.3 is 17.9 Å². The Labute approximate surface area is 262 Å². The third-order valence-corrected chi connectivity index (χ3v) is 8.04. The van der Waals surface area contributed by atoms with Crippen molar-refractivity contribution in [2.24, 2.45) is 5.92 Å². The lowest BCUT2D eigenvalue weighted by molar-refractivity contribution is -0.146. The molecule has 0 aromatic rings. The third kappa shape index (κ3) is 13.8. The molecular weight excluding hydrogens is 596 g/mol.